The van der Waals surface area contributed by atoms with E-state index in [1.54, 1.807) is 0 Å². The molecular formula is C27H32N4O4. The molecule has 3 aromatic rings. The monoisotopic (exact) mass is 476 g/mol. The molecule has 1 aromatic heterocycles. The maximum absolute atomic E-state index is 12.6. The summed E-state index contributed by atoms with van der Waals surface area (Å²) in [5.41, 5.74) is 3.98. The molecule has 5 N–H and O–H groups in total. The van der Waals surface area contributed by atoms with Crippen LogP contribution in [0, 0.1) is 11.8 Å². The van der Waals surface area contributed by atoms with Crippen LogP contribution in [-0.4, -0.2) is 44.2 Å². The maximum atomic E-state index is 12.6. The molecule has 2 fully saturated rings. The van der Waals surface area contributed by atoms with Crippen molar-refractivity contribution in [2.45, 2.75) is 63.6 Å². The summed E-state index contributed by atoms with van der Waals surface area (Å²) in [5.74, 6) is 0.609. The Hall–Kier alpha value is -3.23. The molecule has 2 amide bonds. The SMILES string of the molecule is O=C(Nc1ccc(-c2nc3ccc(NC(=O)C4CCC(O)CC4)cc3[nH]2)cc1)C1CCC(O)CC1. The molecule has 8 heteroatoms. The Morgan fingerprint density at radius 3 is 1.83 bits per heavy atom. The number of anilines is 2. The van der Waals surface area contributed by atoms with Gasteiger partial charge in [0.05, 0.1) is 23.2 Å². The number of nitrogens with zero attached hydrogens (tertiary/aromatic N) is 1. The standard InChI is InChI=1S/C27H32N4O4/c32-21-10-3-17(4-11-21)26(34)28-19-7-1-16(2-8-19)25-30-23-14-9-20(15-24(23)31-25)29-27(35)18-5-12-22(33)13-6-18/h1-2,7-9,14-15,17-18,21-22,32-33H,3-6,10-13H2,(H,28,34)(H,29,35)(H,30,31). The molecule has 0 bridgehead atoms. The number of aromatic amines is 1. The van der Waals surface area contributed by atoms with Gasteiger partial charge in [-0.15, -0.1) is 0 Å². The van der Waals surface area contributed by atoms with E-state index in [-0.39, 0.29) is 35.9 Å². The van der Waals surface area contributed by atoms with Crippen molar-refractivity contribution in [2.24, 2.45) is 11.8 Å². The fourth-order valence-corrected chi connectivity index (χ4v) is 5.10. The summed E-state index contributed by atoms with van der Waals surface area (Å²) in [6.45, 7) is 0. The van der Waals surface area contributed by atoms with Crippen LogP contribution in [0.3, 0.4) is 0 Å². The van der Waals surface area contributed by atoms with Crippen LogP contribution in [0.1, 0.15) is 51.4 Å². The first-order valence-electron chi connectivity index (χ1n) is 12.5. The van der Waals surface area contributed by atoms with E-state index in [9.17, 15) is 19.8 Å². The van der Waals surface area contributed by atoms with Gasteiger partial charge in [-0.2, -0.15) is 0 Å². The topological polar surface area (TPSA) is 127 Å². The van der Waals surface area contributed by atoms with Gasteiger partial charge < -0.3 is 25.8 Å². The molecular weight excluding hydrogens is 444 g/mol. The Bertz CT molecular complexity index is 1190. The summed E-state index contributed by atoms with van der Waals surface area (Å²) in [4.78, 5) is 33.1. The predicted octanol–water partition coefficient (Wildman–Crippen LogP) is 4.21. The van der Waals surface area contributed by atoms with E-state index in [1.165, 1.54) is 0 Å². The first-order valence-corrected chi connectivity index (χ1v) is 12.5. The predicted molar refractivity (Wildman–Crippen MR) is 135 cm³/mol. The number of fused-ring (bicyclic) bond motifs is 1. The highest BCUT2D eigenvalue weighted by molar-refractivity contribution is 5.95. The Labute approximate surface area is 204 Å². The van der Waals surface area contributed by atoms with E-state index < -0.39 is 0 Å². The molecule has 2 aromatic carbocycles. The number of aliphatic hydroxyl groups excluding tert-OH is 2. The smallest absolute Gasteiger partial charge is 0.227 e. The zero-order chi connectivity index (χ0) is 24.4. The lowest BCUT2D eigenvalue weighted by atomic mass is 9.87. The van der Waals surface area contributed by atoms with Gasteiger partial charge in [-0.25, -0.2) is 4.98 Å². The van der Waals surface area contributed by atoms with E-state index in [0.29, 0.717) is 44.3 Å². The number of amides is 2. The minimum Gasteiger partial charge on any atom is -0.393 e. The summed E-state index contributed by atoms with van der Waals surface area (Å²) in [6.07, 6.45) is 5.01. The molecule has 0 saturated heterocycles. The van der Waals surface area contributed by atoms with Gasteiger partial charge in [-0.05, 0) is 93.8 Å². The number of benzene rings is 2. The first kappa shape index (κ1) is 23.5. The number of aliphatic hydroxyl groups is 2. The third-order valence-corrected chi connectivity index (χ3v) is 7.31. The van der Waals surface area contributed by atoms with Crippen LogP contribution in [-0.2, 0) is 9.59 Å². The van der Waals surface area contributed by atoms with E-state index >= 15 is 0 Å². The Kier molecular flexibility index (Phi) is 6.83. The van der Waals surface area contributed by atoms with Crippen LogP contribution in [0.25, 0.3) is 22.4 Å². The highest BCUT2D eigenvalue weighted by Gasteiger charge is 2.26. The van der Waals surface area contributed by atoms with Gasteiger partial charge in [0.1, 0.15) is 5.82 Å². The zero-order valence-corrected chi connectivity index (χ0v) is 19.7. The van der Waals surface area contributed by atoms with Crippen molar-refractivity contribution in [3.63, 3.8) is 0 Å². The average Bonchev–Trinajstić information content (AvgIpc) is 3.29. The van der Waals surface area contributed by atoms with Gasteiger partial charge in [0.25, 0.3) is 0 Å². The van der Waals surface area contributed by atoms with Crippen LogP contribution in [0.5, 0.6) is 0 Å². The fourth-order valence-electron chi connectivity index (χ4n) is 5.10. The largest absolute Gasteiger partial charge is 0.393 e. The average molecular weight is 477 g/mol. The third kappa shape index (κ3) is 5.55. The van der Waals surface area contributed by atoms with Crippen LogP contribution in [0.2, 0.25) is 0 Å². The van der Waals surface area contributed by atoms with Gasteiger partial charge in [0, 0.05) is 28.8 Å². The Balaban J connectivity index is 1.23. The van der Waals surface area contributed by atoms with Gasteiger partial charge in [0.2, 0.25) is 11.8 Å². The Morgan fingerprint density at radius 2 is 1.26 bits per heavy atom. The van der Waals surface area contributed by atoms with Crippen molar-refractivity contribution in [3.05, 3.63) is 42.5 Å². The van der Waals surface area contributed by atoms with Crippen molar-refractivity contribution in [1.29, 1.82) is 0 Å². The number of aromatic nitrogens is 2. The molecule has 0 spiro atoms. The zero-order valence-electron chi connectivity index (χ0n) is 19.7. The number of hydrogen-bond acceptors (Lipinski definition) is 5. The lowest BCUT2D eigenvalue weighted by Crippen LogP contribution is -2.28. The van der Waals surface area contributed by atoms with Crippen molar-refractivity contribution >= 4 is 34.2 Å². The second-order valence-corrected chi connectivity index (χ2v) is 9.88. The van der Waals surface area contributed by atoms with Crippen LogP contribution < -0.4 is 10.6 Å². The van der Waals surface area contributed by atoms with E-state index in [2.05, 4.69) is 20.6 Å². The second kappa shape index (κ2) is 10.2. The number of H-pyrrole nitrogens is 1. The normalized spacial score (nSPS) is 24.7. The number of nitrogens with one attached hydrogen (secondary N) is 3. The molecule has 0 atom stereocenters. The molecule has 5 rings (SSSR count). The van der Waals surface area contributed by atoms with Gasteiger partial charge >= 0.3 is 0 Å². The van der Waals surface area contributed by atoms with Crippen molar-refractivity contribution < 1.29 is 19.8 Å². The molecule has 2 aliphatic rings. The summed E-state index contributed by atoms with van der Waals surface area (Å²) >= 11 is 0. The molecule has 35 heavy (non-hydrogen) atoms. The van der Waals surface area contributed by atoms with E-state index in [4.69, 9.17) is 0 Å². The Morgan fingerprint density at radius 1 is 0.743 bits per heavy atom. The second-order valence-electron chi connectivity index (χ2n) is 9.88. The molecule has 184 valence electrons. The van der Waals surface area contributed by atoms with Crippen molar-refractivity contribution in [2.75, 3.05) is 10.6 Å². The molecule has 0 unspecified atom stereocenters. The summed E-state index contributed by atoms with van der Waals surface area (Å²) in [7, 11) is 0. The number of rotatable bonds is 5. The third-order valence-electron chi connectivity index (χ3n) is 7.31. The molecule has 0 radical (unpaired) electrons. The highest BCUT2D eigenvalue weighted by atomic mass is 16.3. The first-order chi connectivity index (χ1) is 16.9. The van der Waals surface area contributed by atoms with Crippen molar-refractivity contribution in [1.82, 2.24) is 9.97 Å². The molecule has 2 aliphatic carbocycles. The van der Waals surface area contributed by atoms with Gasteiger partial charge in [-0.1, -0.05) is 0 Å². The van der Waals surface area contributed by atoms with Crippen molar-refractivity contribution in [3.8, 4) is 11.4 Å². The minimum atomic E-state index is -0.281. The molecule has 2 saturated carbocycles. The molecule has 8 nitrogen and oxygen atoms in total. The van der Waals surface area contributed by atoms with Gasteiger partial charge in [-0.3, -0.25) is 9.59 Å². The number of hydrogen-bond donors (Lipinski definition) is 5. The quantitative estimate of drug-likeness (QED) is 0.377. The van der Waals surface area contributed by atoms with Crippen LogP contribution in [0.4, 0.5) is 11.4 Å². The van der Waals surface area contributed by atoms with E-state index in [0.717, 1.165) is 40.8 Å². The van der Waals surface area contributed by atoms with Crippen LogP contribution in [0.15, 0.2) is 42.5 Å². The number of carbonyl (C=O) groups is 2. The number of carbonyl (C=O) groups excluding carboxylic acids is 2. The van der Waals surface area contributed by atoms with E-state index in [1.807, 2.05) is 42.5 Å². The van der Waals surface area contributed by atoms with Gasteiger partial charge in [0.15, 0.2) is 0 Å². The molecule has 0 aliphatic heterocycles. The summed E-state index contributed by atoms with van der Waals surface area (Å²) < 4.78 is 0. The minimum absolute atomic E-state index is 0.00182. The lowest BCUT2D eigenvalue weighted by molar-refractivity contribution is -0.122. The lowest BCUT2D eigenvalue weighted by Gasteiger charge is -2.24. The summed E-state index contributed by atoms with van der Waals surface area (Å²) in [5, 5.41) is 25.3. The van der Waals surface area contributed by atoms with Crippen LogP contribution >= 0.6 is 0 Å². The highest BCUT2D eigenvalue weighted by Crippen LogP contribution is 2.28. The molecule has 1 heterocycles. The number of imidazole rings is 1. The fraction of sp³-hybridized carbons (Fsp3) is 0.444. The maximum Gasteiger partial charge on any atom is 0.227 e. The summed E-state index contributed by atoms with van der Waals surface area (Å²) in [6, 6.07) is 13.2.